The van der Waals surface area contributed by atoms with Crippen molar-refractivity contribution in [2.75, 3.05) is 14.2 Å². The summed E-state index contributed by atoms with van der Waals surface area (Å²) in [4.78, 5) is 23.0. The number of carbonyl (C=O) groups excluding carboxylic acids is 1. The molecule has 0 aliphatic rings. The fraction of sp³-hybridized carbons (Fsp3) is 0.385. The van der Waals surface area contributed by atoms with E-state index >= 15 is 0 Å². The quantitative estimate of drug-likeness (QED) is 0.206. The normalized spacial score (nSPS) is 11.4. The molecule has 0 aromatic heterocycles. The van der Waals surface area contributed by atoms with E-state index in [0.29, 0.717) is 16.7 Å². The zero-order chi connectivity index (χ0) is 23.1. The van der Waals surface area contributed by atoms with Crippen LogP contribution in [-0.2, 0) is 20.1 Å². The first-order valence-electron chi connectivity index (χ1n) is 10.6. The molecule has 168 valence electrons. The summed E-state index contributed by atoms with van der Waals surface area (Å²) in [5.41, 5.74) is 1.69. The van der Waals surface area contributed by atoms with E-state index in [-0.39, 0.29) is 5.78 Å². The van der Waals surface area contributed by atoms with Crippen LogP contribution in [0.25, 0.3) is 0 Å². The van der Waals surface area contributed by atoms with E-state index in [4.69, 9.17) is 14.6 Å². The van der Waals surface area contributed by atoms with Gasteiger partial charge in [-0.2, -0.15) is 0 Å². The summed E-state index contributed by atoms with van der Waals surface area (Å²) in [6.45, 7) is 3.81. The number of ether oxygens (including phenoxy) is 2. The van der Waals surface area contributed by atoms with Crippen molar-refractivity contribution in [2.24, 2.45) is 0 Å². The lowest BCUT2D eigenvalue weighted by Crippen LogP contribution is -2.39. The molecule has 0 unspecified atom stereocenters. The smallest absolute Gasteiger partial charge is 0.330 e. The molecule has 0 aliphatic carbocycles. The van der Waals surface area contributed by atoms with Gasteiger partial charge in [-0.3, -0.25) is 4.79 Å². The minimum absolute atomic E-state index is 0.218. The van der Waals surface area contributed by atoms with Crippen LogP contribution < -0.4 is 0 Å². The average Bonchev–Trinajstić information content (AvgIpc) is 2.81. The first-order chi connectivity index (χ1) is 14.9. The third-order valence-electron chi connectivity index (χ3n) is 4.91. The van der Waals surface area contributed by atoms with Gasteiger partial charge >= 0.3 is 5.97 Å². The summed E-state index contributed by atoms with van der Waals surface area (Å²) in [5, 5.41) is 8.52. The van der Waals surface area contributed by atoms with Crippen LogP contribution in [0, 0.1) is 0 Å². The number of hydrogen-bond donors (Lipinski definition) is 1. The van der Waals surface area contributed by atoms with Crippen molar-refractivity contribution in [3.63, 3.8) is 0 Å². The molecule has 0 fully saturated rings. The van der Waals surface area contributed by atoms with Crippen LogP contribution in [0.5, 0.6) is 0 Å². The zero-order valence-corrected chi connectivity index (χ0v) is 19.0. The Hall–Kier alpha value is -2.76. The van der Waals surface area contributed by atoms with Crippen LogP contribution in [0.4, 0.5) is 0 Å². The van der Waals surface area contributed by atoms with E-state index < -0.39 is 11.8 Å². The van der Waals surface area contributed by atoms with Gasteiger partial charge in [0.25, 0.3) is 5.79 Å². The van der Waals surface area contributed by atoms with Gasteiger partial charge in [0.05, 0.1) is 0 Å². The Balaban J connectivity index is 0.000000348. The van der Waals surface area contributed by atoms with Crippen molar-refractivity contribution in [3.8, 4) is 0 Å². The van der Waals surface area contributed by atoms with Crippen molar-refractivity contribution < 1.29 is 24.2 Å². The number of methoxy groups -OCH3 is 2. The molecule has 2 aromatic rings. The average molecular weight is 427 g/mol. The molecular formula is C26H34O5. The van der Waals surface area contributed by atoms with E-state index in [9.17, 15) is 9.59 Å². The maximum atomic E-state index is 12.7. The monoisotopic (exact) mass is 426 g/mol. The lowest BCUT2D eigenvalue weighted by Gasteiger charge is -2.29. The second-order valence-electron chi connectivity index (χ2n) is 7.13. The Morgan fingerprint density at radius 1 is 0.903 bits per heavy atom. The van der Waals surface area contributed by atoms with E-state index in [1.54, 1.807) is 25.1 Å². The molecule has 0 amide bonds. The lowest BCUT2D eigenvalue weighted by molar-refractivity contribution is -0.176. The molecule has 0 aliphatic heterocycles. The number of ketones is 1. The van der Waals surface area contributed by atoms with Crippen LogP contribution in [-0.4, -0.2) is 31.1 Å². The minimum atomic E-state index is -1.40. The minimum Gasteiger partial charge on any atom is -0.478 e. The molecule has 5 heteroatoms. The molecule has 0 atom stereocenters. The van der Waals surface area contributed by atoms with Crippen molar-refractivity contribution in [1.82, 2.24) is 0 Å². The lowest BCUT2D eigenvalue weighted by atomic mass is 9.96. The Labute approximate surface area is 185 Å². The van der Waals surface area contributed by atoms with Crippen LogP contribution in [0.2, 0.25) is 0 Å². The van der Waals surface area contributed by atoms with Crippen molar-refractivity contribution >= 4 is 11.8 Å². The predicted molar refractivity (Wildman–Crippen MR) is 123 cm³/mol. The van der Waals surface area contributed by atoms with Gasteiger partial charge in [0, 0.05) is 30.9 Å². The second kappa shape index (κ2) is 14.3. The molecule has 0 saturated heterocycles. The molecule has 0 saturated carbocycles. The summed E-state index contributed by atoms with van der Waals surface area (Å²) in [7, 11) is 2.94. The Morgan fingerprint density at radius 3 is 1.94 bits per heavy atom. The van der Waals surface area contributed by atoms with Gasteiger partial charge in [-0.1, -0.05) is 92.9 Å². The molecule has 2 rings (SSSR count). The SMILES string of the molecule is CCCCCCC=C(C)C(=O)O.COC(OC)(C(=O)c1ccccc1)c1ccccc1. The molecule has 0 bridgehead atoms. The van der Waals surface area contributed by atoms with Crippen LogP contribution in [0.1, 0.15) is 61.9 Å². The number of carboxylic acids is 1. The highest BCUT2D eigenvalue weighted by atomic mass is 16.7. The fourth-order valence-corrected chi connectivity index (χ4v) is 3.05. The number of carbonyl (C=O) groups is 2. The Morgan fingerprint density at radius 2 is 1.45 bits per heavy atom. The van der Waals surface area contributed by atoms with Gasteiger partial charge in [0.2, 0.25) is 5.78 Å². The van der Waals surface area contributed by atoms with Crippen molar-refractivity contribution in [2.45, 2.75) is 51.7 Å². The maximum Gasteiger partial charge on any atom is 0.330 e. The van der Waals surface area contributed by atoms with E-state index in [2.05, 4.69) is 6.92 Å². The number of allylic oxidation sites excluding steroid dienone is 1. The van der Waals surface area contributed by atoms with Gasteiger partial charge < -0.3 is 14.6 Å². The number of Topliss-reactive ketones (excluding diaryl/α,β-unsaturated/α-hetero) is 1. The molecule has 2 aromatic carbocycles. The largest absolute Gasteiger partial charge is 0.478 e. The van der Waals surface area contributed by atoms with Crippen molar-refractivity contribution in [3.05, 3.63) is 83.4 Å². The van der Waals surface area contributed by atoms with Crippen LogP contribution >= 0.6 is 0 Å². The molecule has 1 N–H and O–H groups in total. The van der Waals surface area contributed by atoms with E-state index in [1.807, 2.05) is 48.5 Å². The Kier molecular flexibility index (Phi) is 12.1. The highest BCUT2D eigenvalue weighted by Gasteiger charge is 2.41. The third kappa shape index (κ3) is 8.12. The van der Waals surface area contributed by atoms with Crippen molar-refractivity contribution in [1.29, 1.82) is 0 Å². The number of unbranched alkanes of at least 4 members (excludes halogenated alkanes) is 4. The number of benzene rings is 2. The topological polar surface area (TPSA) is 72.8 Å². The Bertz CT molecular complexity index is 808. The van der Waals surface area contributed by atoms with Gasteiger partial charge in [-0.25, -0.2) is 4.79 Å². The number of aliphatic carboxylic acids is 1. The van der Waals surface area contributed by atoms with Crippen LogP contribution in [0.3, 0.4) is 0 Å². The molecule has 31 heavy (non-hydrogen) atoms. The number of hydrogen-bond acceptors (Lipinski definition) is 4. The van der Waals surface area contributed by atoms with E-state index in [1.165, 1.54) is 33.5 Å². The van der Waals surface area contributed by atoms with Crippen LogP contribution in [0.15, 0.2) is 72.3 Å². The summed E-state index contributed by atoms with van der Waals surface area (Å²) in [6, 6.07) is 18.2. The van der Waals surface area contributed by atoms with Gasteiger partial charge in [0.1, 0.15) is 0 Å². The first-order valence-corrected chi connectivity index (χ1v) is 10.6. The molecule has 0 spiro atoms. The highest BCUT2D eigenvalue weighted by molar-refractivity contribution is 6.02. The van der Waals surface area contributed by atoms with Gasteiger partial charge in [0.15, 0.2) is 0 Å². The number of rotatable bonds is 11. The maximum absolute atomic E-state index is 12.7. The number of carboxylic acid groups (broad SMARTS) is 1. The summed E-state index contributed by atoms with van der Waals surface area (Å²) < 4.78 is 10.8. The first kappa shape index (κ1) is 26.3. The third-order valence-corrected chi connectivity index (χ3v) is 4.91. The summed E-state index contributed by atoms with van der Waals surface area (Å²) >= 11 is 0. The summed E-state index contributed by atoms with van der Waals surface area (Å²) in [5.74, 6) is -2.42. The highest BCUT2D eigenvalue weighted by Crippen LogP contribution is 2.30. The van der Waals surface area contributed by atoms with E-state index in [0.717, 1.165) is 12.8 Å². The predicted octanol–water partition coefficient (Wildman–Crippen LogP) is 6.00. The molecular weight excluding hydrogens is 392 g/mol. The zero-order valence-electron chi connectivity index (χ0n) is 19.0. The molecule has 0 heterocycles. The molecule has 5 nitrogen and oxygen atoms in total. The van der Waals surface area contributed by atoms with Gasteiger partial charge in [-0.05, 0) is 19.8 Å². The fourth-order valence-electron chi connectivity index (χ4n) is 3.05. The summed E-state index contributed by atoms with van der Waals surface area (Å²) in [6.07, 6.45) is 7.50. The molecule has 0 radical (unpaired) electrons. The van der Waals surface area contributed by atoms with Gasteiger partial charge in [-0.15, -0.1) is 0 Å². The second-order valence-corrected chi connectivity index (χ2v) is 7.13. The standard InChI is InChI=1S/C16H16O3.C10H18O2/c1-18-16(19-2,14-11-7-4-8-12-14)15(17)13-9-5-3-6-10-13;1-3-4-5-6-7-8-9(2)10(11)12/h3-12H,1-2H3;8H,3-7H2,1-2H3,(H,11,12).